The van der Waals surface area contributed by atoms with E-state index in [1.54, 1.807) is 21.9 Å². The van der Waals surface area contributed by atoms with Gasteiger partial charge in [0.15, 0.2) is 0 Å². The first-order valence-corrected chi connectivity index (χ1v) is 9.78. The van der Waals surface area contributed by atoms with E-state index in [1.165, 1.54) is 12.1 Å². The van der Waals surface area contributed by atoms with Crippen molar-refractivity contribution < 1.29 is 14.0 Å². The van der Waals surface area contributed by atoms with Gasteiger partial charge in [0, 0.05) is 24.8 Å². The van der Waals surface area contributed by atoms with E-state index < -0.39 is 6.04 Å². The van der Waals surface area contributed by atoms with Gasteiger partial charge in [-0.1, -0.05) is 6.07 Å². The van der Waals surface area contributed by atoms with E-state index in [1.807, 2.05) is 4.90 Å². The maximum atomic E-state index is 13.5. The van der Waals surface area contributed by atoms with Crippen LogP contribution in [0.5, 0.6) is 0 Å². The molecule has 3 aliphatic heterocycles. The van der Waals surface area contributed by atoms with E-state index in [2.05, 4.69) is 6.07 Å². The van der Waals surface area contributed by atoms with Crippen LogP contribution in [0, 0.1) is 23.1 Å². The lowest BCUT2D eigenvalue weighted by molar-refractivity contribution is -0.135. The van der Waals surface area contributed by atoms with Crippen LogP contribution < -0.4 is 10.6 Å². The molecule has 1 aromatic carbocycles. The fraction of sp³-hybridized carbons (Fsp3) is 0.550. The van der Waals surface area contributed by atoms with Gasteiger partial charge in [-0.3, -0.25) is 14.5 Å². The molecule has 4 aliphatic rings. The SMILES string of the molecule is N#CC1C[C@@H]2C[C@@H]2N1C(=O)C(N)CN1CC2C[C@H]1C(=O)N2c1cccc(F)c1. The molecule has 0 spiro atoms. The highest BCUT2D eigenvalue weighted by Gasteiger charge is 2.55. The predicted molar refractivity (Wildman–Crippen MR) is 98.4 cm³/mol. The minimum atomic E-state index is -0.745. The average molecular weight is 383 g/mol. The molecule has 8 heteroatoms. The molecule has 146 valence electrons. The number of amides is 2. The van der Waals surface area contributed by atoms with E-state index in [-0.39, 0.29) is 41.8 Å². The molecule has 1 saturated carbocycles. The van der Waals surface area contributed by atoms with Gasteiger partial charge in [0.2, 0.25) is 11.8 Å². The lowest BCUT2D eigenvalue weighted by atomic mass is 10.1. The molecule has 3 unspecified atom stereocenters. The van der Waals surface area contributed by atoms with E-state index in [0.29, 0.717) is 31.1 Å². The van der Waals surface area contributed by atoms with Gasteiger partial charge in [-0.25, -0.2) is 4.39 Å². The average Bonchev–Trinajstić information content (AvgIpc) is 3.01. The van der Waals surface area contributed by atoms with Crippen molar-refractivity contribution in [3.05, 3.63) is 30.1 Å². The standard InChI is InChI=1S/C20H22FN5O2/c21-12-2-1-3-13(6-12)25-15-7-18(20(25)28)24(9-15)10-16(23)19(27)26-14(8-22)4-11-5-17(11)26/h1-3,6,11,14-18H,4-5,7,9-10,23H2/t11-,14?,15?,16?,17+,18+/m1/s1. The first-order valence-electron chi connectivity index (χ1n) is 9.78. The maximum Gasteiger partial charge on any atom is 0.244 e. The van der Waals surface area contributed by atoms with Crippen LogP contribution in [0.1, 0.15) is 19.3 Å². The number of nitrogens with two attached hydrogens (primary N) is 1. The van der Waals surface area contributed by atoms with E-state index in [9.17, 15) is 19.2 Å². The molecule has 1 aromatic rings. The van der Waals surface area contributed by atoms with Gasteiger partial charge >= 0.3 is 0 Å². The zero-order valence-corrected chi connectivity index (χ0v) is 15.4. The smallest absolute Gasteiger partial charge is 0.244 e. The third kappa shape index (κ3) is 2.61. The Bertz CT molecular complexity index is 886. The highest BCUT2D eigenvalue weighted by molar-refractivity contribution is 6.01. The molecule has 2 amide bonds. The summed E-state index contributed by atoms with van der Waals surface area (Å²) < 4.78 is 13.5. The van der Waals surface area contributed by atoms with Crippen LogP contribution in [0.15, 0.2) is 24.3 Å². The van der Waals surface area contributed by atoms with Crippen LogP contribution in [0.2, 0.25) is 0 Å². The first kappa shape index (κ1) is 17.6. The van der Waals surface area contributed by atoms with Crippen LogP contribution in [-0.2, 0) is 9.59 Å². The fourth-order valence-corrected chi connectivity index (χ4v) is 5.24. The van der Waals surface area contributed by atoms with Crippen molar-refractivity contribution in [3.8, 4) is 6.07 Å². The van der Waals surface area contributed by atoms with Gasteiger partial charge in [0.25, 0.3) is 0 Å². The monoisotopic (exact) mass is 383 g/mol. The summed E-state index contributed by atoms with van der Waals surface area (Å²) in [7, 11) is 0. The second-order valence-corrected chi connectivity index (χ2v) is 8.34. The third-order valence-corrected chi connectivity index (χ3v) is 6.61. The number of nitriles is 1. The van der Waals surface area contributed by atoms with Crippen LogP contribution in [0.3, 0.4) is 0 Å². The molecule has 3 saturated heterocycles. The number of nitrogens with zero attached hydrogens (tertiary/aromatic N) is 4. The number of hydrogen-bond acceptors (Lipinski definition) is 5. The highest BCUT2D eigenvalue weighted by atomic mass is 19.1. The van der Waals surface area contributed by atoms with Gasteiger partial charge in [-0.05, 0) is 43.4 Å². The molecule has 1 aliphatic carbocycles. The number of carbonyl (C=O) groups is 2. The Balaban J connectivity index is 1.25. The quantitative estimate of drug-likeness (QED) is 0.815. The molecular formula is C20H22FN5O2. The van der Waals surface area contributed by atoms with Crippen molar-refractivity contribution in [1.82, 2.24) is 9.80 Å². The van der Waals surface area contributed by atoms with Crippen molar-refractivity contribution >= 4 is 17.5 Å². The number of anilines is 1. The predicted octanol–water partition coefficient (Wildman–Crippen LogP) is 0.455. The minimum absolute atomic E-state index is 0.0342. The number of benzene rings is 1. The normalized spacial score (nSPS) is 34.5. The number of piperazine rings is 1. The van der Waals surface area contributed by atoms with Gasteiger partial charge in [-0.15, -0.1) is 0 Å². The fourth-order valence-electron chi connectivity index (χ4n) is 5.24. The second-order valence-electron chi connectivity index (χ2n) is 8.34. The van der Waals surface area contributed by atoms with Gasteiger partial charge in [-0.2, -0.15) is 5.26 Å². The van der Waals surface area contributed by atoms with Crippen LogP contribution in [0.25, 0.3) is 0 Å². The number of likely N-dealkylation sites (tertiary alicyclic amines) is 2. The molecule has 6 atom stereocenters. The molecule has 2 N–H and O–H groups in total. The van der Waals surface area contributed by atoms with Crippen molar-refractivity contribution in [1.29, 1.82) is 5.26 Å². The Morgan fingerprint density at radius 1 is 1.36 bits per heavy atom. The maximum absolute atomic E-state index is 13.5. The van der Waals surface area contributed by atoms with E-state index >= 15 is 0 Å². The summed E-state index contributed by atoms with van der Waals surface area (Å²) >= 11 is 0. The molecule has 5 rings (SSSR count). The summed E-state index contributed by atoms with van der Waals surface area (Å²) in [6.45, 7) is 0.913. The molecule has 4 fully saturated rings. The first-order chi connectivity index (χ1) is 13.5. The van der Waals surface area contributed by atoms with Gasteiger partial charge < -0.3 is 15.5 Å². The Kier molecular flexibility index (Phi) is 3.93. The molecule has 2 bridgehead atoms. The van der Waals surface area contributed by atoms with Crippen molar-refractivity contribution in [2.45, 2.75) is 49.5 Å². The Morgan fingerprint density at radius 2 is 2.18 bits per heavy atom. The number of rotatable bonds is 4. The van der Waals surface area contributed by atoms with Gasteiger partial charge in [0.05, 0.1) is 24.2 Å². The molecular weight excluding hydrogens is 361 g/mol. The molecule has 7 nitrogen and oxygen atoms in total. The summed E-state index contributed by atoms with van der Waals surface area (Å²) in [6.07, 6.45) is 2.37. The molecule has 0 aromatic heterocycles. The van der Waals surface area contributed by atoms with Crippen LogP contribution >= 0.6 is 0 Å². The molecule has 28 heavy (non-hydrogen) atoms. The largest absolute Gasteiger partial charge is 0.322 e. The van der Waals surface area contributed by atoms with Crippen molar-refractivity contribution in [3.63, 3.8) is 0 Å². The molecule has 0 radical (unpaired) electrons. The zero-order chi connectivity index (χ0) is 19.6. The number of fused-ring (bicyclic) bond motifs is 3. The summed E-state index contributed by atoms with van der Waals surface area (Å²) in [6, 6.07) is 6.97. The lowest BCUT2D eigenvalue weighted by Gasteiger charge is -2.35. The Labute approximate surface area is 162 Å². The summed E-state index contributed by atoms with van der Waals surface area (Å²) in [5.74, 6) is -0.174. The lowest BCUT2D eigenvalue weighted by Crippen LogP contribution is -2.57. The molecule has 3 heterocycles. The summed E-state index contributed by atoms with van der Waals surface area (Å²) in [4.78, 5) is 31.0. The highest BCUT2D eigenvalue weighted by Crippen LogP contribution is 2.47. The Morgan fingerprint density at radius 3 is 2.89 bits per heavy atom. The van der Waals surface area contributed by atoms with Crippen LogP contribution in [0.4, 0.5) is 10.1 Å². The minimum Gasteiger partial charge on any atom is -0.322 e. The van der Waals surface area contributed by atoms with Gasteiger partial charge in [0.1, 0.15) is 11.9 Å². The number of carbonyl (C=O) groups excluding carboxylic acids is 2. The number of piperidine rings is 1. The van der Waals surface area contributed by atoms with Crippen molar-refractivity contribution in [2.24, 2.45) is 11.7 Å². The van der Waals surface area contributed by atoms with E-state index in [4.69, 9.17) is 5.73 Å². The number of halogens is 1. The Hall–Kier alpha value is -2.50. The third-order valence-electron chi connectivity index (χ3n) is 6.61. The summed E-state index contributed by atoms with van der Waals surface area (Å²) in [5.41, 5.74) is 6.78. The van der Waals surface area contributed by atoms with Crippen LogP contribution in [-0.4, -0.2) is 64.9 Å². The van der Waals surface area contributed by atoms with Crippen molar-refractivity contribution in [2.75, 3.05) is 18.0 Å². The topological polar surface area (TPSA) is 93.7 Å². The second kappa shape index (κ2) is 6.26. The number of hydrogen-bond donors (Lipinski definition) is 1. The summed E-state index contributed by atoms with van der Waals surface area (Å²) in [5, 5.41) is 9.30. The zero-order valence-electron chi connectivity index (χ0n) is 15.4. The van der Waals surface area contributed by atoms with E-state index in [0.717, 1.165) is 12.8 Å².